The van der Waals surface area contributed by atoms with Gasteiger partial charge in [0, 0.05) is 12.4 Å². The minimum atomic E-state index is -0.750. The first-order valence-electron chi connectivity index (χ1n) is 9.34. The van der Waals surface area contributed by atoms with Gasteiger partial charge in [-0.15, -0.1) is 0 Å². The largest absolute Gasteiger partial charge is 0.463 e. The van der Waals surface area contributed by atoms with Gasteiger partial charge in [-0.25, -0.2) is 14.2 Å². The van der Waals surface area contributed by atoms with Crippen LogP contribution in [-0.4, -0.2) is 22.1 Å². The number of esters is 1. The minimum absolute atomic E-state index is 0.193. The summed E-state index contributed by atoms with van der Waals surface area (Å²) < 4.78 is 20.7. The van der Waals surface area contributed by atoms with Crippen molar-refractivity contribution < 1.29 is 13.9 Å². The summed E-state index contributed by atoms with van der Waals surface area (Å²) in [7, 11) is 0. The molecule has 6 nitrogen and oxygen atoms in total. The third-order valence-corrected chi connectivity index (χ3v) is 5.69. The highest BCUT2D eigenvalue weighted by Gasteiger charge is 2.33. The summed E-state index contributed by atoms with van der Waals surface area (Å²) in [6.45, 7) is 3.62. The smallest absolute Gasteiger partial charge is 0.338 e. The molecule has 30 heavy (non-hydrogen) atoms. The third kappa shape index (κ3) is 3.61. The lowest BCUT2D eigenvalue weighted by Gasteiger charge is -2.24. The van der Waals surface area contributed by atoms with Gasteiger partial charge in [-0.2, -0.15) is 0 Å². The molecule has 0 radical (unpaired) electrons. The number of aromatic nitrogens is 2. The molecule has 0 aliphatic carbocycles. The molecular formula is C22H18FN3O3S. The van der Waals surface area contributed by atoms with Crippen molar-refractivity contribution in [2.75, 3.05) is 6.61 Å². The Bertz CT molecular complexity index is 1310. The van der Waals surface area contributed by atoms with Crippen LogP contribution < -0.4 is 14.9 Å². The molecule has 1 atom stereocenters. The highest BCUT2D eigenvalue weighted by atomic mass is 32.1. The number of hydrogen-bond acceptors (Lipinski definition) is 6. The maximum Gasteiger partial charge on any atom is 0.338 e. The monoisotopic (exact) mass is 423 g/mol. The Labute approximate surface area is 175 Å². The van der Waals surface area contributed by atoms with E-state index in [1.165, 1.54) is 28.0 Å². The van der Waals surface area contributed by atoms with Gasteiger partial charge in [0.1, 0.15) is 5.82 Å². The van der Waals surface area contributed by atoms with E-state index in [1.54, 1.807) is 56.6 Å². The molecule has 0 fully saturated rings. The fourth-order valence-electron chi connectivity index (χ4n) is 3.36. The first-order valence-corrected chi connectivity index (χ1v) is 10.2. The fourth-order valence-corrected chi connectivity index (χ4v) is 4.41. The van der Waals surface area contributed by atoms with Gasteiger partial charge in [-0.1, -0.05) is 23.5 Å². The normalized spacial score (nSPS) is 16.2. The van der Waals surface area contributed by atoms with E-state index in [4.69, 9.17) is 4.74 Å². The Kier molecular flexibility index (Phi) is 5.41. The third-order valence-electron chi connectivity index (χ3n) is 4.71. The van der Waals surface area contributed by atoms with E-state index in [0.29, 0.717) is 20.6 Å². The van der Waals surface area contributed by atoms with E-state index in [2.05, 4.69) is 9.98 Å². The minimum Gasteiger partial charge on any atom is -0.463 e. The molecule has 8 heteroatoms. The molecule has 1 aliphatic rings. The number of pyridine rings is 1. The zero-order valence-electron chi connectivity index (χ0n) is 16.3. The molecule has 0 saturated carbocycles. The van der Waals surface area contributed by atoms with Crippen molar-refractivity contribution in [3.63, 3.8) is 0 Å². The maximum atomic E-state index is 13.5. The van der Waals surface area contributed by atoms with Crippen molar-refractivity contribution in [1.29, 1.82) is 0 Å². The zero-order chi connectivity index (χ0) is 21.3. The molecule has 0 bridgehead atoms. The zero-order valence-corrected chi connectivity index (χ0v) is 17.1. The van der Waals surface area contributed by atoms with Crippen molar-refractivity contribution in [3.05, 3.63) is 96.7 Å². The van der Waals surface area contributed by atoms with E-state index in [9.17, 15) is 14.0 Å². The number of carbonyl (C=O) groups is 1. The molecule has 2 aromatic heterocycles. The molecule has 0 amide bonds. The number of ether oxygens (including phenoxy) is 1. The molecule has 0 N–H and O–H groups in total. The highest BCUT2D eigenvalue weighted by Crippen LogP contribution is 2.30. The Morgan fingerprint density at radius 3 is 2.60 bits per heavy atom. The second-order valence-corrected chi connectivity index (χ2v) is 7.64. The van der Waals surface area contributed by atoms with Gasteiger partial charge in [0.2, 0.25) is 0 Å². The Balaban J connectivity index is 1.96. The predicted octanol–water partition coefficient (Wildman–Crippen LogP) is 2.33. The number of thiazole rings is 1. The molecule has 3 heterocycles. The van der Waals surface area contributed by atoms with E-state index >= 15 is 0 Å². The number of benzene rings is 1. The molecule has 1 aliphatic heterocycles. The second kappa shape index (κ2) is 8.16. The van der Waals surface area contributed by atoms with Crippen molar-refractivity contribution in [2.24, 2.45) is 4.99 Å². The van der Waals surface area contributed by atoms with Gasteiger partial charge in [-0.3, -0.25) is 14.3 Å². The molecular weight excluding hydrogens is 405 g/mol. The number of allylic oxidation sites excluding steroid dienone is 1. The van der Waals surface area contributed by atoms with Crippen LogP contribution >= 0.6 is 11.3 Å². The lowest BCUT2D eigenvalue weighted by molar-refractivity contribution is -0.139. The summed E-state index contributed by atoms with van der Waals surface area (Å²) >= 11 is 1.24. The molecule has 152 valence electrons. The maximum absolute atomic E-state index is 13.5. The first kappa shape index (κ1) is 19.9. The lowest BCUT2D eigenvalue weighted by Crippen LogP contribution is -2.39. The van der Waals surface area contributed by atoms with Crippen LogP contribution in [0, 0.1) is 5.82 Å². The Hall–Kier alpha value is -3.39. The van der Waals surface area contributed by atoms with Crippen LogP contribution in [0.15, 0.2) is 69.8 Å². The summed E-state index contributed by atoms with van der Waals surface area (Å²) in [6.07, 6.45) is 5.05. The van der Waals surface area contributed by atoms with Crippen LogP contribution in [-0.2, 0) is 9.53 Å². The molecule has 3 aromatic rings. The van der Waals surface area contributed by atoms with Crippen molar-refractivity contribution in [3.8, 4) is 0 Å². The topological polar surface area (TPSA) is 73.6 Å². The molecule has 4 rings (SSSR count). The average Bonchev–Trinajstić information content (AvgIpc) is 3.03. The van der Waals surface area contributed by atoms with E-state index in [-0.39, 0.29) is 17.7 Å². The summed E-state index contributed by atoms with van der Waals surface area (Å²) in [5, 5.41) is 0. The molecule has 1 aromatic carbocycles. The lowest BCUT2D eigenvalue weighted by atomic mass is 9.96. The van der Waals surface area contributed by atoms with Crippen LogP contribution in [0.1, 0.15) is 31.0 Å². The van der Waals surface area contributed by atoms with Gasteiger partial charge in [0.15, 0.2) is 4.80 Å². The average molecular weight is 423 g/mol. The van der Waals surface area contributed by atoms with Crippen LogP contribution in [0.25, 0.3) is 6.08 Å². The SMILES string of the molecule is CCOC(=O)C1=C(C)N=c2sc(=Cc3ccncc3)c(=O)n2[C@@H]1c1ccc(F)cc1. The standard InChI is InChI=1S/C22H18FN3O3S/c1-3-29-21(28)18-13(2)25-22-26(19(18)15-4-6-16(23)7-5-15)20(27)17(30-22)12-14-8-10-24-11-9-14/h4-12,19H,3H2,1-2H3/t19-/m1/s1. The van der Waals surface area contributed by atoms with E-state index in [1.807, 2.05) is 0 Å². The number of halogens is 1. The van der Waals surface area contributed by atoms with Gasteiger partial charge in [0.05, 0.1) is 28.5 Å². The highest BCUT2D eigenvalue weighted by molar-refractivity contribution is 7.07. The number of hydrogen-bond donors (Lipinski definition) is 0. The van der Waals surface area contributed by atoms with Crippen molar-refractivity contribution in [2.45, 2.75) is 19.9 Å². The number of carbonyl (C=O) groups excluding carboxylic acids is 1. The Morgan fingerprint density at radius 1 is 1.23 bits per heavy atom. The van der Waals surface area contributed by atoms with Gasteiger partial charge in [-0.05, 0) is 55.3 Å². The van der Waals surface area contributed by atoms with Crippen LogP contribution in [0.5, 0.6) is 0 Å². The summed E-state index contributed by atoms with van der Waals surface area (Å²) in [6, 6.07) is 8.59. The molecule has 0 saturated heterocycles. The predicted molar refractivity (Wildman–Crippen MR) is 111 cm³/mol. The van der Waals surface area contributed by atoms with Gasteiger partial charge < -0.3 is 4.74 Å². The summed E-state index contributed by atoms with van der Waals surface area (Å²) in [4.78, 5) is 35.0. The van der Waals surface area contributed by atoms with E-state index in [0.717, 1.165) is 5.56 Å². The van der Waals surface area contributed by atoms with Crippen LogP contribution in [0.4, 0.5) is 4.39 Å². The second-order valence-electron chi connectivity index (χ2n) is 6.63. The molecule has 0 spiro atoms. The number of rotatable bonds is 4. The fraction of sp³-hybridized carbons (Fsp3) is 0.182. The summed E-state index contributed by atoms with van der Waals surface area (Å²) in [5.41, 5.74) is 1.89. The van der Waals surface area contributed by atoms with Crippen molar-refractivity contribution in [1.82, 2.24) is 9.55 Å². The van der Waals surface area contributed by atoms with Gasteiger partial charge in [0.25, 0.3) is 5.56 Å². The quantitative estimate of drug-likeness (QED) is 0.604. The first-order chi connectivity index (χ1) is 14.5. The summed E-state index contributed by atoms with van der Waals surface area (Å²) in [5.74, 6) is -0.946. The number of nitrogens with zero attached hydrogens (tertiary/aromatic N) is 3. The van der Waals surface area contributed by atoms with E-state index < -0.39 is 17.8 Å². The van der Waals surface area contributed by atoms with Crippen LogP contribution in [0.2, 0.25) is 0 Å². The van der Waals surface area contributed by atoms with Gasteiger partial charge >= 0.3 is 5.97 Å². The van der Waals surface area contributed by atoms with Crippen molar-refractivity contribution >= 4 is 23.4 Å². The number of fused-ring (bicyclic) bond motifs is 1. The van der Waals surface area contributed by atoms with Crippen LogP contribution in [0.3, 0.4) is 0 Å². The molecule has 0 unspecified atom stereocenters. The Morgan fingerprint density at radius 2 is 1.93 bits per heavy atom.